The third kappa shape index (κ3) is 4.38. The topological polar surface area (TPSA) is 59.3 Å². The van der Waals surface area contributed by atoms with Gasteiger partial charge in [-0.15, -0.1) is 0 Å². The summed E-state index contributed by atoms with van der Waals surface area (Å²) in [4.78, 5) is 24.7. The van der Waals surface area contributed by atoms with Crippen LogP contribution in [0.25, 0.3) is 15.9 Å². The molecule has 0 saturated carbocycles. The molecule has 0 unspecified atom stereocenters. The number of fused-ring (bicyclic) bond motifs is 1. The molecule has 30 heavy (non-hydrogen) atoms. The Kier molecular flexibility index (Phi) is 5.74. The fourth-order valence-electron chi connectivity index (χ4n) is 3.45. The SMILES string of the molecule is Cn1c(=O)[se]c2cc(C(=O)C=Cc3cc(C(C)(C)C)c(O)c(C(C)(C)C)c3)ccc21. The van der Waals surface area contributed by atoms with Crippen LogP contribution in [0.4, 0.5) is 0 Å². The third-order valence-electron chi connectivity index (χ3n) is 5.25. The van der Waals surface area contributed by atoms with Crippen molar-refractivity contribution in [3.8, 4) is 5.75 Å². The molecule has 0 spiro atoms. The molecule has 3 rings (SSSR count). The van der Waals surface area contributed by atoms with Crippen LogP contribution in [0.1, 0.15) is 68.6 Å². The van der Waals surface area contributed by atoms with Gasteiger partial charge in [0.2, 0.25) is 0 Å². The van der Waals surface area contributed by atoms with Crippen molar-refractivity contribution in [2.45, 2.75) is 52.4 Å². The van der Waals surface area contributed by atoms with Gasteiger partial charge in [0, 0.05) is 0 Å². The summed E-state index contributed by atoms with van der Waals surface area (Å²) in [6.07, 6.45) is 3.38. The molecule has 0 radical (unpaired) electrons. The number of rotatable bonds is 3. The van der Waals surface area contributed by atoms with Gasteiger partial charge in [0.05, 0.1) is 0 Å². The van der Waals surface area contributed by atoms with Gasteiger partial charge in [-0.3, -0.25) is 0 Å². The van der Waals surface area contributed by atoms with E-state index in [1.54, 1.807) is 23.8 Å². The number of phenolic OH excluding ortho intramolecular Hbond substituents is 1. The van der Waals surface area contributed by atoms with Gasteiger partial charge in [-0.25, -0.2) is 0 Å². The van der Waals surface area contributed by atoms with Crippen molar-refractivity contribution in [3.05, 3.63) is 67.9 Å². The number of aromatic nitrogens is 1. The van der Waals surface area contributed by atoms with Gasteiger partial charge in [-0.05, 0) is 0 Å². The van der Waals surface area contributed by atoms with Crippen LogP contribution in [0, 0.1) is 0 Å². The Hall–Kier alpha value is -2.36. The summed E-state index contributed by atoms with van der Waals surface area (Å²) >= 11 is -0.274. The van der Waals surface area contributed by atoms with Gasteiger partial charge in [0.15, 0.2) is 0 Å². The Balaban J connectivity index is 2.00. The van der Waals surface area contributed by atoms with Gasteiger partial charge in [-0.2, -0.15) is 0 Å². The summed E-state index contributed by atoms with van der Waals surface area (Å²) in [5, 5.41) is 10.9. The number of phenols is 1. The number of carbonyl (C=O) groups excluding carboxylic acids is 1. The second-order valence-corrected chi connectivity index (χ2v) is 11.9. The van der Waals surface area contributed by atoms with E-state index in [2.05, 4.69) is 41.5 Å². The molecule has 158 valence electrons. The second kappa shape index (κ2) is 7.72. The van der Waals surface area contributed by atoms with Gasteiger partial charge < -0.3 is 0 Å². The Bertz CT molecular complexity index is 1180. The standard InChI is InChI=1S/C25H29NO3Se/c1-24(2,3)17-12-15(13-18(22(17)28)25(4,5)6)8-11-20(27)16-9-10-19-21(14-16)30-23(29)26(19)7/h8-14,28H,1-7H3. The van der Waals surface area contributed by atoms with Gasteiger partial charge in [-0.1, -0.05) is 0 Å². The van der Waals surface area contributed by atoms with E-state index in [4.69, 9.17) is 0 Å². The fraction of sp³-hybridized carbons (Fsp3) is 0.360. The number of hydrogen-bond donors (Lipinski definition) is 1. The zero-order valence-corrected chi connectivity index (χ0v) is 20.4. The summed E-state index contributed by atoms with van der Waals surface area (Å²) in [5.74, 6) is 0.228. The quantitative estimate of drug-likeness (QED) is 0.340. The first-order chi connectivity index (χ1) is 13.8. The summed E-state index contributed by atoms with van der Waals surface area (Å²) in [6.45, 7) is 12.4. The molecule has 3 aromatic rings. The van der Waals surface area contributed by atoms with E-state index >= 15 is 0 Å². The van der Waals surface area contributed by atoms with E-state index in [1.165, 1.54) is 0 Å². The first-order valence-electron chi connectivity index (χ1n) is 9.99. The number of nitrogens with zero attached hydrogens (tertiary/aromatic N) is 1. The van der Waals surface area contributed by atoms with Gasteiger partial charge in [0.25, 0.3) is 0 Å². The Morgan fingerprint density at radius 3 is 2.10 bits per heavy atom. The molecule has 0 bridgehead atoms. The minimum atomic E-state index is -0.274. The van der Waals surface area contributed by atoms with E-state index in [0.717, 1.165) is 26.5 Å². The Morgan fingerprint density at radius 2 is 1.57 bits per heavy atom. The van der Waals surface area contributed by atoms with E-state index in [9.17, 15) is 14.7 Å². The fourth-order valence-corrected chi connectivity index (χ4v) is 5.38. The molecule has 0 fully saturated rings. The van der Waals surface area contributed by atoms with Crippen molar-refractivity contribution >= 4 is 36.1 Å². The molecule has 5 heteroatoms. The number of benzene rings is 2. The van der Waals surface area contributed by atoms with Crippen LogP contribution in [-0.2, 0) is 17.9 Å². The van der Waals surface area contributed by atoms with E-state index < -0.39 is 0 Å². The molecule has 0 saturated heterocycles. The zero-order chi connectivity index (χ0) is 22.4. The molecule has 0 aliphatic carbocycles. The predicted molar refractivity (Wildman–Crippen MR) is 125 cm³/mol. The molecule has 0 atom stereocenters. The Morgan fingerprint density at radius 1 is 1.00 bits per heavy atom. The molecule has 1 aromatic heterocycles. The van der Waals surface area contributed by atoms with Crippen LogP contribution >= 0.6 is 0 Å². The van der Waals surface area contributed by atoms with Crippen molar-refractivity contribution in [3.63, 3.8) is 0 Å². The van der Waals surface area contributed by atoms with Crippen molar-refractivity contribution < 1.29 is 9.90 Å². The normalized spacial score (nSPS) is 12.8. The van der Waals surface area contributed by atoms with Gasteiger partial charge >= 0.3 is 184 Å². The Labute approximate surface area is 183 Å². The summed E-state index contributed by atoms with van der Waals surface area (Å²) in [6, 6.07) is 9.36. The molecular weight excluding hydrogens is 441 g/mol. The van der Waals surface area contributed by atoms with E-state index in [-0.39, 0.29) is 35.5 Å². The summed E-state index contributed by atoms with van der Waals surface area (Å²) < 4.78 is 2.70. The van der Waals surface area contributed by atoms with Crippen molar-refractivity contribution in [1.82, 2.24) is 4.57 Å². The van der Waals surface area contributed by atoms with E-state index in [0.29, 0.717) is 11.3 Å². The van der Waals surface area contributed by atoms with Crippen LogP contribution in [0.2, 0.25) is 0 Å². The number of aromatic hydroxyl groups is 1. The average Bonchev–Trinajstić information content (AvgIpc) is 2.92. The molecule has 1 heterocycles. The molecular formula is C25H29NO3Se. The minimum absolute atomic E-state index is 0.0988. The molecule has 0 aliphatic heterocycles. The molecule has 1 N–H and O–H groups in total. The van der Waals surface area contributed by atoms with Crippen LogP contribution in [0.15, 0.2) is 41.2 Å². The zero-order valence-electron chi connectivity index (χ0n) is 18.7. The van der Waals surface area contributed by atoms with Crippen molar-refractivity contribution in [2.24, 2.45) is 7.05 Å². The van der Waals surface area contributed by atoms with Gasteiger partial charge in [0.1, 0.15) is 0 Å². The summed E-state index contributed by atoms with van der Waals surface area (Å²) in [7, 11) is 1.77. The maximum atomic E-state index is 12.8. The number of allylic oxidation sites excluding steroid dienone is 1. The van der Waals surface area contributed by atoms with Crippen LogP contribution in [-0.4, -0.2) is 30.0 Å². The van der Waals surface area contributed by atoms with Crippen molar-refractivity contribution in [1.29, 1.82) is 0 Å². The number of ketones is 1. The first-order valence-corrected chi connectivity index (χ1v) is 11.7. The first kappa shape index (κ1) is 22.3. The van der Waals surface area contributed by atoms with Crippen LogP contribution in [0.3, 0.4) is 0 Å². The van der Waals surface area contributed by atoms with Crippen LogP contribution < -0.4 is 4.43 Å². The third-order valence-corrected chi connectivity index (χ3v) is 7.34. The number of hydrogen-bond acceptors (Lipinski definition) is 3. The maximum absolute atomic E-state index is 12.8. The average molecular weight is 470 g/mol. The van der Waals surface area contributed by atoms with Crippen molar-refractivity contribution in [2.75, 3.05) is 0 Å². The number of carbonyl (C=O) groups is 1. The van der Waals surface area contributed by atoms with Crippen LogP contribution in [0.5, 0.6) is 5.75 Å². The molecule has 2 aromatic carbocycles. The molecule has 0 amide bonds. The van der Waals surface area contributed by atoms with E-state index in [1.807, 2.05) is 30.3 Å². The number of aryl methyl sites for hydroxylation is 1. The monoisotopic (exact) mass is 471 g/mol. The molecule has 0 aliphatic rings. The molecule has 4 nitrogen and oxygen atoms in total. The second-order valence-electron chi connectivity index (χ2n) is 9.77. The predicted octanol–water partition coefficient (Wildman–Crippen LogP) is 4.79. The summed E-state index contributed by atoms with van der Waals surface area (Å²) in [5.41, 5.74) is 3.64.